The molecule has 0 radical (unpaired) electrons. The fourth-order valence-corrected chi connectivity index (χ4v) is 3.28. The molecule has 3 rings (SSSR count). The normalized spacial score (nSPS) is 10.4. The summed E-state index contributed by atoms with van der Waals surface area (Å²) in [6.45, 7) is 2.34. The van der Waals surface area contributed by atoms with Gasteiger partial charge in [-0.05, 0) is 42.8 Å². The largest absolute Gasteiger partial charge is 0.497 e. The number of methoxy groups -OCH3 is 1. The number of anilines is 1. The van der Waals surface area contributed by atoms with Crippen molar-refractivity contribution in [1.82, 2.24) is 10.2 Å². The average molecular weight is 411 g/mol. The lowest BCUT2D eigenvalue weighted by atomic mass is 10.1. The summed E-state index contributed by atoms with van der Waals surface area (Å²) in [6.07, 6.45) is 1.70. The van der Waals surface area contributed by atoms with E-state index in [0.29, 0.717) is 16.7 Å². The zero-order chi connectivity index (χ0) is 20.6. The van der Waals surface area contributed by atoms with Gasteiger partial charge in [0.15, 0.2) is 0 Å². The molecule has 0 aliphatic heterocycles. The number of benzene rings is 2. The number of rotatable bonds is 8. The summed E-state index contributed by atoms with van der Waals surface area (Å²) in [5.74, 6) is -0.208. The number of amides is 1. The molecular formula is C21H21N3O4S. The van der Waals surface area contributed by atoms with E-state index in [1.54, 1.807) is 31.4 Å². The maximum absolute atomic E-state index is 12.7. The van der Waals surface area contributed by atoms with Gasteiger partial charge in [0, 0.05) is 5.56 Å². The molecule has 0 spiro atoms. The molecule has 0 saturated heterocycles. The molecule has 1 amide bonds. The van der Waals surface area contributed by atoms with Crippen LogP contribution in [-0.4, -0.2) is 35.8 Å². The van der Waals surface area contributed by atoms with Crippen LogP contribution in [0.3, 0.4) is 0 Å². The smallest absolute Gasteiger partial charge is 0.338 e. The monoisotopic (exact) mass is 411 g/mol. The fourth-order valence-electron chi connectivity index (χ4n) is 2.53. The van der Waals surface area contributed by atoms with E-state index >= 15 is 0 Å². The predicted octanol–water partition coefficient (Wildman–Crippen LogP) is 4.42. The predicted molar refractivity (Wildman–Crippen MR) is 111 cm³/mol. The first-order valence-electron chi connectivity index (χ1n) is 9.17. The summed E-state index contributed by atoms with van der Waals surface area (Å²) in [5, 5.41) is 11.9. The minimum absolute atomic E-state index is 0.223. The van der Waals surface area contributed by atoms with Crippen LogP contribution in [0.4, 0.5) is 5.13 Å². The summed E-state index contributed by atoms with van der Waals surface area (Å²) in [6, 6.07) is 13.9. The third kappa shape index (κ3) is 5.17. The number of aromatic nitrogens is 2. The van der Waals surface area contributed by atoms with Crippen LogP contribution >= 0.6 is 11.3 Å². The molecule has 7 nitrogen and oxygen atoms in total. The summed E-state index contributed by atoms with van der Waals surface area (Å²) in [4.78, 5) is 25.0. The van der Waals surface area contributed by atoms with E-state index in [4.69, 9.17) is 9.47 Å². The molecule has 1 N–H and O–H groups in total. The quantitative estimate of drug-likeness (QED) is 0.436. The Kier molecular flexibility index (Phi) is 6.91. The molecule has 1 aromatic heterocycles. The van der Waals surface area contributed by atoms with Crippen molar-refractivity contribution in [3.05, 3.63) is 59.7 Å². The molecule has 150 valence electrons. The average Bonchev–Trinajstić information content (AvgIpc) is 3.22. The van der Waals surface area contributed by atoms with Gasteiger partial charge in [-0.2, -0.15) is 0 Å². The maximum atomic E-state index is 12.7. The van der Waals surface area contributed by atoms with E-state index in [-0.39, 0.29) is 11.1 Å². The second-order valence-electron chi connectivity index (χ2n) is 6.13. The Bertz CT molecular complexity index is 986. The van der Waals surface area contributed by atoms with Crippen molar-refractivity contribution in [2.45, 2.75) is 19.8 Å². The maximum Gasteiger partial charge on any atom is 0.338 e. The highest BCUT2D eigenvalue weighted by Gasteiger charge is 2.19. The van der Waals surface area contributed by atoms with Crippen LogP contribution in [0.2, 0.25) is 0 Å². The van der Waals surface area contributed by atoms with Gasteiger partial charge in [-0.1, -0.05) is 36.8 Å². The van der Waals surface area contributed by atoms with E-state index in [9.17, 15) is 9.59 Å². The third-order valence-corrected chi connectivity index (χ3v) is 4.99. The molecule has 0 atom stereocenters. The van der Waals surface area contributed by atoms with Crippen molar-refractivity contribution in [3.8, 4) is 16.3 Å². The number of esters is 1. The molecule has 29 heavy (non-hydrogen) atoms. The van der Waals surface area contributed by atoms with Crippen molar-refractivity contribution >= 4 is 28.3 Å². The van der Waals surface area contributed by atoms with Gasteiger partial charge >= 0.3 is 5.97 Å². The van der Waals surface area contributed by atoms with Crippen LogP contribution in [0.5, 0.6) is 5.75 Å². The van der Waals surface area contributed by atoms with Crippen LogP contribution in [0.25, 0.3) is 10.6 Å². The number of ether oxygens (including phenoxy) is 2. The van der Waals surface area contributed by atoms with E-state index in [1.165, 1.54) is 11.3 Å². The van der Waals surface area contributed by atoms with E-state index in [0.717, 1.165) is 24.2 Å². The second-order valence-corrected chi connectivity index (χ2v) is 7.11. The molecule has 2 aromatic carbocycles. The number of carbonyl (C=O) groups excluding carboxylic acids is 2. The van der Waals surface area contributed by atoms with Crippen molar-refractivity contribution in [3.63, 3.8) is 0 Å². The zero-order valence-electron chi connectivity index (χ0n) is 16.2. The lowest BCUT2D eigenvalue weighted by molar-refractivity contribution is 0.0497. The van der Waals surface area contributed by atoms with Gasteiger partial charge in [-0.25, -0.2) is 4.79 Å². The van der Waals surface area contributed by atoms with Crippen LogP contribution in [0.1, 0.15) is 40.5 Å². The minimum atomic E-state index is -0.514. The first-order valence-corrected chi connectivity index (χ1v) is 9.99. The van der Waals surface area contributed by atoms with Crippen LogP contribution in [-0.2, 0) is 4.74 Å². The van der Waals surface area contributed by atoms with Crippen LogP contribution in [0.15, 0.2) is 48.5 Å². The highest BCUT2D eigenvalue weighted by Crippen LogP contribution is 2.28. The van der Waals surface area contributed by atoms with Crippen molar-refractivity contribution in [2.24, 2.45) is 0 Å². The molecule has 0 aliphatic carbocycles. The number of carbonyl (C=O) groups is 2. The van der Waals surface area contributed by atoms with Gasteiger partial charge in [-0.15, -0.1) is 10.2 Å². The summed E-state index contributed by atoms with van der Waals surface area (Å²) < 4.78 is 10.4. The minimum Gasteiger partial charge on any atom is -0.497 e. The molecule has 0 aliphatic rings. The van der Waals surface area contributed by atoms with E-state index in [1.807, 2.05) is 31.2 Å². The first kappa shape index (κ1) is 20.5. The van der Waals surface area contributed by atoms with E-state index in [2.05, 4.69) is 15.5 Å². The van der Waals surface area contributed by atoms with Gasteiger partial charge in [-0.3, -0.25) is 10.1 Å². The Hall–Kier alpha value is -3.26. The highest BCUT2D eigenvalue weighted by atomic mass is 32.1. The number of nitrogens with one attached hydrogen (secondary N) is 1. The number of nitrogens with zero attached hydrogens (tertiary/aromatic N) is 2. The standard InChI is InChI=1S/C21H21N3O4S/c1-3-4-13-28-20(26)17-8-6-5-7-16(17)18(25)22-21-24-23-19(29-21)14-9-11-15(27-2)12-10-14/h5-12H,3-4,13H2,1-2H3,(H,22,24,25). The molecule has 0 saturated carbocycles. The van der Waals surface area contributed by atoms with Crippen LogP contribution in [0, 0.1) is 0 Å². The van der Waals surface area contributed by atoms with Crippen molar-refractivity contribution in [2.75, 3.05) is 19.0 Å². The topological polar surface area (TPSA) is 90.4 Å². The first-order chi connectivity index (χ1) is 14.1. The fraction of sp³-hybridized carbons (Fsp3) is 0.238. The Balaban J connectivity index is 1.72. The van der Waals surface area contributed by atoms with E-state index < -0.39 is 11.9 Å². The second kappa shape index (κ2) is 9.79. The lowest BCUT2D eigenvalue weighted by Gasteiger charge is -2.08. The van der Waals surface area contributed by atoms with Gasteiger partial charge in [0.2, 0.25) is 5.13 Å². The summed E-state index contributed by atoms with van der Waals surface area (Å²) in [7, 11) is 1.60. The SMILES string of the molecule is CCCCOC(=O)c1ccccc1C(=O)Nc1nnc(-c2ccc(OC)cc2)s1. The van der Waals surface area contributed by atoms with Gasteiger partial charge in [0.05, 0.1) is 24.8 Å². The number of hydrogen-bond acceptors (Lipinski definition) is 7. The van der Waals surface area contributed by atoms with Gasteiger partial charge in [0.25, 0.3) is 5.91 Å². The van der Waals surface area contributed by atoms with Crippen molar-refractivity contribution < 1.29 is 19.1 Å². The summed E-state index contributed by atoms with van der Waals surface area (Å²) in [5.41, 5.74) is 1.32. The molecule has 0 bridgehead atoms. The highest BCUT2D eigenvalue weighted by molar-refractivity contribution is 7.18. The Morgan fingerprint density at radius 3 is 2.45 bits per heavy atom. The van der Waals surface area contributed by atoms with Gasteiger partial charge in [0.1, 0.15) is 10.8 Å². The van der Waals surface area contributed by atoms with Crippen molar-refractivity contribution in [1.29, 1.82) is 0 Å². The molecule has 0 unspecified atom stereocenters. The lowest BCUT2D eigenvalue weighted by Crippen LogP contribution is -2.18. The van der Waals surface area contributed by atoms with Gasteiger partial charge < -0.3 is 9.47 Å². The third-order valence-electron chi connectivity index (χ3n) is 4.11. The molecule has 0 fully saturated rings. The number of unbranched alkanes of at least 4 members (excludes halogenated alkanes) is 1. The Morgan fingerprint density at radius 1 is 1.03 bits per heavy atom. The molecule has 8 heteroatoms. The molecular weight excluding hydrogens is 390 g/mol. The molecule has 3 aromatic rings. The summed E-state index contributed by atoms with van der Waals surface area (Å²) >= 11 is 1.24. The van der Waals surface area contributed by atoms with Crippen LogP contribution < -0.4 is 10.1 Å². The molecule has 1 heterocycles. The number of hydrogen-bond donors (Lipinski definition) is 1. The Labute approximate surface area is 172 Å². The Morgan fingerprint density at radius 2 is 1.76 bits per heavy atom. The zero-order valence-corrected chi connectivity index (χ0v) is 17.0.